The molecule has 0 bridgehead atoms. The Morgan fingerprint density at radius 2 is 1.68 bits per heavy atom. The van der Waals surface area contributed by atoms with Crippen molar-refractivity contribution < 1.29 is 28.6 Å². The molecule has 0 aliphatic carbocycles. The Hall–Kier alpha value is -4.18. The van der Waals surface area contributed by atoms with Gasteiger partial charge in [0.15, 0.2) is 0 Å². The summed E-state index contributed by atoms with van der Waals surface area (Å²) in [6.45, 7) is 0. The molecule has 0 heterocycles. The second-order valence-electron chi connectivity index (χ2n) is 6.66. The van der Waals surface area contributed by atoms with E-state index in [2.05, 4.69) is 31.8 Å². The number of ether oxygens (including phenoxy) is 3. The first-order valence-electron chi connectivity index (χ1n) is 9.84. The number of halogens is 1. The highest BCUT2D eigenvalue weighted by molar-refractivity contribution is 9.10. The molecule has 0 atom stereocenters. The maximum Gasteiger partial charge on any atom is 0.344 e. The van der Waals surface area contributed by atoms with Crippen LogP contribution in [0.1, 0.15) is 15.9 Å². The molecule has 10 heteroatoms. The number of methoxy groups -OCH3 is 2. The Kier molecular flexibility index (Phi) is 8.36. The van der Waals surface area contributed by atoms with Gasteiger partial charge in [0, 0.05) is 10.5 Å². The number of hydrazone groups is 1. The predicted octanol–water partition coefficient (Wildman–Crippen LogP) is 3.77. The van der Waals surface area contributed by atoms with Gasteiger partial charge in [0.05, 0.1) is 31.7 Å². The lowest BCUT2D eigenvalue weighted by Crippen LogP contribution is -2.32. The first-order valence-corrected chi connectivity index (χ1v) is 10.6. The van der Waals surface area contributed by atoms with Gasteiger partial charge in [0.1, 0.15) is 17.2 Å². The molecule has 174 valence electrons. The highest BCUT2D eigenvalue weighted by atomic mass is 79.9. The van der Waals surface area contributed by atoms with Crippen molar-refractivity contribution in [3.05, 3.63) is 82.3 Å². The van der Waals surface area contributed by atoms with Crippen LogP contribution in [0.15, 0.2) is 76.3 Å². The molecule has 9 nitrogen and oxygen atoms in total. The highest BCUT2D eigenvalue weighted by Gasteiger charge is 2.16. The van der Waals surface area contributed by atoms with Crippen LogP contribution < -0.4 is 25.0 Å². The van der Waals surface area contributed by atoms with Crippen molar-refractivity contribution >= 4 is 45.6 Å². The summed E-state index contributed by atoms with van der Waals surface area (Å²) < 4.78 is 16.3. The van der Waals surface area contributed by atoms with Crippen LogP contribution in [-0.2, 0) is 9.59 Å². The van der Waals surface area contributed by atoms with Crippen molar-refractivity contribution in [1.82, 2.24) is 5.43 Å². The van der Waals surface area contributed by atoms with Crippen molar-refractivity contribution in [2.45, 2.75) is 0 Å². The van der Waals surface area contributed by atoms with Crippen molar-refractivity contribution in [3.63, 3.8) is 0 Å². The zero-order valence-electron chi connectivity index (χ0n) is 18.2. The monoisotopic (exact) mass is 525 g/mol. The normalized spacial score (nSPS) is 10.4. The lowest BCUT2D eigenvalue weighted by Gasteiger charge is -2.11. The Balaban J connectivity index is 1.60. The zero-order valence-corrected chi connectivity index (χ0v) is 19.8. The molecule has 0 spiro atoms. The van der Waals surface area contributed by atoms with Gasteiger partial charge in [-0.3, -0.25) is 9.59 Å². The first-order chi connectivity index (χ1) is 16.4. The van der Waals surface area contributed by atoms with E-state index in [-0.39, 0.29) is 5.69 Å². The molecular formula is C24H20BrN3O6. The van der Waals surface area contributed by atoms with Gasteiger partial charge in [-0.2, -0.15) is 5.10 Å². The number of carbonyl (C=O) groups excluding carboxylic acids is 3. The minimum absolute atomic E-state index is 0.269. The number of hydrogen-bond acceptors (Lipinski definition) is 7. The fourth-order valence-electron chi connectivity index (χ4n) is 2.75. The standard InChI is InChI=1S/C24H20BrN3O6/c1-32-16-10-11-21(33-2)20(13-16)27-22(29)23(30)28-26-14-15-6-5-7-17(12-15)34-24(31)18-8-3-4-9-19(18)25/h3-14H,1-2H3,(H,27,29)(H,28,30)/b26-14+. The Bertz CT molecular complexity index is 1240. The van der Waals surface area contributed by atoms with Crippen molar-refractivity contribution in [2.24, 2.45) is 5.10 Å². The molecular weight excluding hydrogens is 506 g/mol. The van der Waals surface area contributed by atoms with Crippen LogP contribution in [0.5, 0.6) is 17.2 Å². The number of benzene rings is 3. The lowest BCUT2D eigenvalue weighted by molar-refractivity contribution is -0.136. The van der Waals surface area contributed by atoms with Crippen molar-refractivity contribution in [1.29, 1.82) is 0 Å². The largest absolute Gasteiger partial charge is 0.497 e. The molecule has 0 saturated carbocycles. The molecule has 2 amide bonds. The van der Waals surface area contributed by atoms with Crippen molar-refractivity contribution in [3.8, 4) is 17.2 Å². The van der Waals surface area contributed by atoms with Crippen LogP contribution in [0.3, 0.4) is 0 Å². The SMILES string of the molecule is COc1ccc(OC)c(NC(=O)C(=O)N/N=C/c2cccc(OC(=O)c3ccccc3Br)c2)c1. The summed E-state index contributed by atoms with van der Waals surface area (Å²) in [4.78, 5) is 36.7. The molecule has 2 N–H and O–H groups in total. The van der Waals surface area contributed by atoms with Gasteiger partial charge in [0.25, 0.3) is 0 Å². The highest BCUT2D eigenvalue weighted by Crippen LogP contribution is 2.28. The maximum atomic E-state index is 12.4. The molecule has 34 heavy (non-hydrogen) atoms. The van der Waals surface area contributed by atoms with Gasteiger partial charge in [0.2, 0.25) is 0 Å². The minimum atomic E-state index is -0.988. The summed E-state index contributed by atoms with van der Waals surface area (Å²) >= 11 is 3.31. The smallest absolute Gasteiger partial charge is 0.344 e. The number of hydrogen-bond donors (Lipinski definition) is 2. The fourth-order valence-corrected chi connectivity index (χ4v) is 3.20. The van der Waals surface area contributed by atoms with Gasteiger partial charge in [-0.25, -0.2) is 10.2 Å². The Labute approximate surface area is 203 Å². The fraction of sp³-hybridized carbons (Fsp3) is 0.0833. The molecule has 0 aromatic heterocycles. The van der Waals surface area contributed by atoms with Gasteiger partial charge in [-0.05, 0) is 57.9 Å². The number of nitrogens with zero attached hydrogens (tertiary/aromatic N) is 1. The van der Waals surface area contributed by atoms with E-state index in [1.807, 2.05) is 0 Å². The van der Waals surface area contributed by atoms with E-state index in [1.165, 1.54) is 26.5 Å². The van der Waals surface area contributed by atoms with Crippen LogP contribution >= 0.6 is 15.9 Å². The number of carbonyl (C=O) groups is 3. The number of nitrogens with one attached hydrogen (secondary N) is 2. The second-order valence-corrected chi connectivity index (χ2v) is 7.52. The molecule has 0 aliphatic rings. The molecule has 3 rings (SSSR count). The summed E-state index contributed by atoms with van der Waals surface area (Å²) in [5.41, 5.74) is 3.33. The Morgan fingerprint density at radius 1 is 0.882 bits per heavy atom. The van der Waals surface area contributed by atoms with E-state index in [9.17, 15) is 14.4 Å². The predicted molar refractivity (Wildman–Crippen MR) is 129 cm³/mol. The van der Waals surface area contributed by atoms with Gasteiger partial charge in [-0.1, -0.05) is 24.3 Å². The number of rotatable bonds is 7. The summed E-state index contributed by atoms with van der Waals surface area (Å²) in [7, 11) is 2.91. The zero-order chi connectivity index (χ0) is 24.5. The molecule has 3 aromatic carbocycles. The van der Waals surface area contributed by atoms with Gasteiger partial charge >= 0.3 is 17.8 Å². The molecule has 0 saturated heterocycles. The lowest BCUT2D eigenvalue weighted by atomic mass is 10.2. The van der Waals surface area contributed by atoms with Crippen LogP contribution in [0.2, 0.25) is 0 Å². The summed E-state index contributed by atoms with van der Waals surface area (Å²) in [5.74, 6) is -1.33. The molecule has 3 aromatic rings. The summed E-state index contributed by atoms with van der Waals surface area (Å²) in [6, 6.07) is 18.2. The molecule has 0 fully saturated rings. The number of esters is 1. The van der Waals surface area contributed by atoms with E-state index in [4.69, 9.17) is 14.2 Å². The molecule has 0 radical (unpaired) electrons. The molecule has 0 unspecified atom stereocenters. The van der Waals surface area contributed by atoms with Crippen LogP contribution in [0.4, 0.5) is 5.69 Å². The van der Waals surface area contributed by atoms with Crippen LogP contribution in [0, 0.1) is 0 Å². The van der Waals surface area contributed by atoms with E-state index in [0.717, 1.165) is 0 Å². The molecule has 0 aliphatic heterocycles. The Morgan fingerprint density at radius 3 is 2.41 bits per heavy atom. The second kappa shape index (κ2) is 11.6. The third-order valence-corrected chi connectivity index (χ3v) is 5.09. The van der Waals surface area contributed by atoms with Gasteiger partial charge < -0.3 is 19.5 Å². The van der Waals surface area contributed by atoms with E-state index >= 15 is 0 Å². The number of anilines is 1. The van der Waals surface area contributed by atoms with Gasteiger partial charge in [-0.15, -0.1) is 0 Å². The van der Waals surface area contributed by atoms with E-state index in [0.29, 0.717) is 32.8 Å². The van der Waals surface area contributed by atoms with Crippen LogP contribution in [0.25, 0.3) is 0 Å². The summed E-state index contributed by atoms with van der Waals surface area (Å²) in [5, 5.41) is 6.23. The van der Waals surface area contributed by atoms with Crippen LogP contribution in [-0.4, -0.2) is 38.2 Å². The maximum absolute atomic E-state index is 12.4. The average Bonchev–Trinajstić information content (AvgIpc) is 2.84. The van der Waals surface area contributed by atoms with E-state index < -0.39 is 17.8 Å². The van der Waals surface area contributed by atoms with E-state index in [1.54, 1.807) is 60.7 Å². The topological polar surface area (TPSA) is 115 Å². The number of amides is 2. The summed E-state index contributed by atoms with van der Waals surface area (Å²) in [6.07, 6.45) is 1.31. The minimum Gasteiger partial charge on any atom is -0.497 e. The quantitative estimate of drug-likeness (QED) is 0.159. The average molecular weight is 526 g/mol. The van der Waals surface area contributed by atoms with Crippen molar-refractivity contribution in [2.75, 3.05) is 19.5 Å². The third-order valence-electron chi connectivity index (χ3n) is 4.40. The first kappa shape index (κ1) is 24.5. The third kappa shape index (κ3) is 6.42.